The molecule has 0 spiro atoms. The number of thioether (sulfide) groups is 1. The fourth-order valence-electron chi connectivity index (χ4n) is 3.11. The number of methoxy groups -OCH3 is 1. The summed E-state index contributed by atoms with van der Waals surface area (Å²) in [7, 11) is 1.42. The molecule has 2 heterocycles. The highest BCUT2D eigenvalue weighted by Gasteiger charge is 2.35. The number of carbonyl (C=O) groups is 2. The van der Waals surface area contributed by atoms with Crippen molar-refractivity contribution in [1.82, 2.24) is 4.90 Å². The Bertz CT molecular complexity index is 1250. The van der Waals surface area contributed by atoms with Crippen LogP contribution in [0.1, 0.15) is 11.3 Å². The minimum atomic E-state index is -0.526. The van der Waals surface area contributed by atoms with E-state index in [2.05, 4.69) is 0 Å². The molecule has 1 fully saturated rings. The molecule has 0 N–H and O–H groups in total. The average molecular weight is 471 g/mol. The molecule has 162 valence electrons. The van der Waals surface area contributed by atoms with Crippen LogP contribution in [0.4, 0.5) is 10.5 Å². The first-order chi connectivity index (χ1) is 15.4. The molecule has 1 aliphatic rings. The van der Waals surface area contributed by atoms with E-state index in [4.69, 9.17) is 20.8 Å². The van der Waals surface area contributed by atoms with E-state index in [0.717, 1.165) is 22.2 Å². The maximum absolute atomic E-state index is 12.7. The van der Waals surface area contributed by atoms with Crippen LogP contribution in [0, 0.1) is 10.1 Å². The highest BCUT2D eigenvalue weighted by atomic mass is 35.5. The van der Waals surface area contributed by atoms with E-state index >= 15 is 0 Å². The summed E-state index contributed by atoms with van der Waals surface area (Å²) in [5, 5.41) is 11.6. The molecule has 2 amide bonds. The second kappa shape index (κ2) is 8.89. The number of carbonyl (C=O) groups excluding carboxylic acids is 2. The van der Waals surface area contributed by atoms with Gasteiger partial charge in [-0.05, 0) is 53.7 Å². The van der Waals surface area contributed by atoms with Crippen molar-refractivity contribution in [1.29, 1.82) is 0 Å². The zero-order valence-corrected chi connectivity index (χ0v) is 18.2. The van der Waals surface area contributed by atoms with E-state index in [-0.39, 0.29) is 28.5 Å². The van der Waals surface area contributed by atoms with Crippen molar-refractivity contribution in [3.63, 3.8) is 0 Å². The quantitative estimate of drug-likeness (QED) is 0.256. The molecular formula is C22H15ClN2O6S. The van der Waals surface area contributed by atoms with Gasteiger partial charge in [-0.2, -0.15) is 0 Å². The minimum absolute atomic E-state index is 0.126. The third-order valence-corrected chi connectivity index (χ3v) is 5.85. The van der Waals surface area contributed by atoms with Gasteiger partial charge in [0.15, 0.2) is 0 Å². The topological polar surface area (TPSA) is 103 Å². The lowest BCUT2D eigenvalue weighted by molar-refractivity contribution is -0.384. The van der Waals surface area contributed by atoms with Gasteiger partial charge in [-0.25, -0.2) is 0 Å². The Morgan fingerprint density at radius 3 is 2.59 bits per heavy atom. The van der Waals surface area contributed by atoms with Gasteiger partial charge in [0, 0.05) is 11.1 Å². The molecule has 1 aliphatic heterocycles. The second-order valence-electron chi connectivity index (χ2n) is 6.74. The standard InChI is InChI=1S/C22H15ClN2O6S/c1-30-15-6-8-17(18(10-15)25(28)29)19-9-7-16(31-19)11-20-21(26)24(22(27)32-20)12-13-2-4-14(23)5-3-13/h2-11H,12H2,1H3/b20-11+. The third kappa shape index (κ3) is 4.39. The van der Waals surface area contributed by atoms with Gasteiger partial charge in [0.2, 0.25) is 0 Å². The van der Waals surface area contributed by atoms with Gasteiger partial charge in [0.25, 0.3) is 16.8 Å². The smallest absolute Gasteiger partial charge is 0.293 e. The minimum Gasteiger partial charge on any atom is -0.497 e. The summed E-state index contributed by atoms with van der Waals surface area (Å²) >= 11 is 6.68. The van der Waals surface area contributed by atoms with Crippen molar-refractivity contribution in [2.75, 3.05) is 7.11 Å². The molecule has 32 heavy (non-hydrogen) atoms. The Hall–Kier alpha value is -3.56. The van der Waals surface area contributed by atoms with E-state index in [1.807, 2.05) is 0 Å². The normalized spacial score (nSPS) is 14.9. The van der Waals surface area contributed by atoms with E-state index in [9.17, 15) is 19.7 Å². The van der Waals surface area contributed by atoms with Crippen molar-refractivity contribution in [2.45, 2.75) is 6.54 Å². The number of rotatable bonds is 6. The first-order valence-corrected chi connectivity index (χ1v) is 10.5. The number of hydrogen-bond donors (Lipinski definition) is 0. The largest absolute Gasteiger partial charge is 0.497 e. The molecule has 0 saturated carbocycles. The highest BCUT2D eigenvalue weighted by Crippen LogP contribution is 2.37. The lowest BCUT2D eigenvalue weighted by Crippen LogP contribution is -2.27. The van der Waals surface area contributed by atoms with Gasteiger partial charge < -0.3 is 9.15 Å². The van der Waals surface area contributed by atoms with Crippen LogP contribution >= 0.6 is 23.4 Å². The summed E-state index contributed by atoms with van der Waals surface area (Å²) < 4.78 is 10.8. The van der Waals surface area contributed by atoms with E-state index in [1.165, 1.54) is 25.3 Å². The molecule has 2 aromatic carbocycles. The predicted molar refractivity (Wildman–Crippen MR) is 120 cm³/mol. The third-order valence-electron chi connectivity index (χ3n) is 4.69. The van der Waals surface area contributed by atoms with Gasteiger partial charge in [0.05, 0.1) is 35.1 Å². The van der Waals surface area contributed by atoms with Crippen LogP contribution in [0.15, 0.2) is 63.9 Å². The molecule has 0 bridgehead atoms. The Balaban J connectivity index is 1.57. The van der Waals surface area contributed by atoms with Crippen molar-refractivity contribution in [3.05, 3.63) is 86.0 Å². The van der Waals surface area contributed by atoms with Crippen LogP contribution in [0.3, 0.4) is 0 Å². The molecule has 3 aromatic rings. The number of nitrogens with zero attached hydrogens (tertiary/aromatic N) is 2. The lowest BCUT2D eigenvalue weighted by Gasteiger charge is -2.12. The van der Waals surface area contributed by atoms with Crippen LogP contribution in [0.5, 0.6) is 5.75 Å². The first-order valence-electron chi connectivity index (χ1n) is 9.28. The summed E-state index contributed by atoms with van der Waals surface area (Å²) in [6, 6.07) is 14.4. The van der Waals surface area contributed by atoms with Gasteiger partial charge in [-0.15, -0.1) is 0 Å². The molecule has 0 aliphatic carbocycles. The number of imide groups is 1. The van der Waals surface area contributed by atoms with Gasteiger partial charge in [0.1, 0.15) is 17.3 Å². The molecule has 0 radical (unpaired) electrons. The number of amides is 2. The fourth-order valence-corrected chi connectivity index (χ4v) is 4.06. The van der Waals surface area contributed by atoms with Gasteiger partial charge >= 0.3 is 0 Å². The van der Waals surface area contributed by atoms with Crippen LogP contribution in [0.25, 0.3) is 17.4 Å². The van der Waals surface area contributed by atoms with Crippen molar-refractivity contribution >= 4 is 46.3 Å². The Morgan fingerprint density at radius 2 is 1.91 bits per heavy atom. The van der Waals surface area contributed by atoms with Gasteiger partial charge in [-0.3, -0.25) is 24.6 Å². The maximum atomic E-state index is 12.7. The van der Waals surface area contributed by atoms with Crippen molar-refractivity contribution in [2.24, 2.45) is 0 Å². The summed E-state index contributed by atoms with van der Waals surface area (Å²) in [4.78, 5) is 37.3. The molecule has 4 rings (SSSR count). The zero-order chi connectivity index (χ0) is 22.8. The van der Waals surface area contributed by atoms with E-state index in [1.54, 1.807) is 42.5 Å². The number of furan rings is 1. The molecule has 1 aromatic heterocycles. The van der Waals surface area contributed by atoms with Crippen molar-refractivity contribution < 1.29 is 23.7 Å². The van der Waals surface area contributed by atoms with E-state index in [0.29, 0.717) is 16.5 Å². The summed E-state index contributed by atoms with van der Waals surface area (Å²) in [6.45, 7) is 0.126. The van der Waals surface area contributed by atoms with Crippen LogP contribution in [-0.4, -0.2) is 28.1 Å². The SMILES string of the molecule is COc1ccc(-c2ccc(/C=C3/SC(=O)N(Cc4ccc(Cl)cc4)C3=O)o2)c([N+](=O)[O-])c1. The monoisotopic (exact) mass is 470 g/mol. The highest BCUT2D eigenvalue weighted by molar-refractivity contribution is 8.18. The number of nitro groups is 1. The number of benzene rings is 2. The molecule has 10 heteroatoms. The Kier molecular flexibility index (Phi) is 6.02. The summed E-state index contributed by atoms with van der Waals surface area (Å²) in [6.07, 6.45) is 1.45. The Morgan fingerprint density at radius 1 is 1.16 bits per heavy atom. The molecular weight excluding hydrogens is 456 g/mol. The predicted octanol–water partition coefficient (Wildman–Crippen LogP) is 5.75. The zero-order valence-electron chi connectivity index (χ0n) is 16.6. The molecule has 0 unspecified atom stereocenters. The van der Waals surface area contributed by atoms with Gasteiger partial charge in [-0.1, -0.05) is 23.7 Å². The van der Waals surface area contributed by atoms with E-state index < -0.39 is 16.1 Å². The van der Waals surface area contributed by atoms with Crippen LogP contribution in [-0.2, 0) is 11.3 Å². The van der Waals surface area contributed by atoms with Crippen LogP contribution in [0.2, 0.25) is 5.02 Å². The lowest BCUT2D eigenvalue weighted by atomic mass is 10.1. The second-order valence-corrected chi connectivity index (χ2v) is 8.17. The number of hydrogen-bond acceptors (Lipinski definition) is 7. The summed E-state index contributed by atoms with van der Waals surface area (Å²) in [5.41, 5.74) is 0.866. The Labute approximate surface area is 191 Å². The number of nitro benzene ring substituents is 1. The fraction of sp³-hybridized carbons (Fsp3) is 0.0909. The number of halogens is 1. The maximum Gasteiger partial charge on any atom is 0.293 e. The van der Waals surface area contributed by atoms with Crippen LogP contribution < -0.4 is 4.74 Å². The first kappa shape index (κ1) is 21.7. The molecule has 1 saturated heterocycles. The summed E-state index contributed by atoms with van der Waals surface area (Å²) in [5.74, 6) is 0.457. The molecule has 8 nitrogen and oxygen atoms in total. The molecule has 0 atom stereocenters. The van der Waals surface area contributed by atoms with Crippen molar-refractivity contribution in [3.8, 4) is 17.1 Å². The average Bonchev–Trinajstić information content (AvgIpc) is 3.35. The number of ether oxygens (including phenoxy) is 1.